The number of rotatable bonds is 14. The van der Waals surface area contributed by atoms with Crippen molar-refractivity contribution in [2.24, 2.45) is 11.8 Å². The standard InChI is InChI=1S/C23H39F2N3O5/c1-5-14(4)19(26-13(2)3)22(31)28-17(11-15-9-7-6-8-10-15)21(30)27-16(12-18(24)25)20(29)23(32)33/h13-19,26H,5-12H2,1-4H3,(H,27,30)(H,28,31)(H,32,33). The minimum atomic E-state index is -2.98. The summed E-state index contributed by atoms with van der Waals surface area (Å²) in [6.07, 6.45) is 1.81. The molecule has 10 heteroatoms. The first kappa shape index (κ1) is 28.9. The van der Waals surface area contributed by atoms with Crippen LogP contribution in [0.2, 0.25) is 0 Å². The summed E-state index contributed by atoms with van der Waals surface area (Å²) in [7, 11) is 0. The average Bonchev–Trinajstić information content (AvgIpc) is 2.75. The number of halogens is 2. The molecule has 1 aliphatic rings. The fourth-order valence-corrected chi connectivity index (χ4v) is 4.17. The van der Waals surface area contributed by atoms with Crippen molar-refractivity contribution in [3.8, 4) is 0 Å². The van der Waals surface area contributed by atoms with Crippen molar-refractivity contribution in [3.05, 3.63) is 0 Å². The molecule has 0 radical (unpaired) electrons. The van der Waals surface area contributed by atoms with Crippen LogP contribution in [0, 0.1) is 11.8 Å². The van der Waals surface area contributed by atoms with Crippen LogP contribution in [-0.4, -0.2) is 59.3 Å². The fraction of sp³-hybridized carbons (Fsp3) is 0.826. The largest absolute Gasteiger partial charge is 0.475 e. The highest BCUT2D eigenvalue weighted by Crippen LogP contribution is 2.27. The Labute approximate surface area is 194 Å². The third-order valence-electron chi connectivity index (χ3n) is 6.19. The Morgan fingerprint density at radius 2 is 1.52 bits per heavy atom. The summed E-state index contributed by atoms with van der Waals surface area (Å²) in [6, 6.07) is -3.46. The zero-order valence-electron chi connectivity index (χ0n) is 20.0. The Kier molecular flexibility index (Phi) is 12.5. The second-order valence-electron chi connectivity index (χ2n) is 9.34. The number of ketones is 1. The molecule has 2 amide bonds. The first-order valence-corrected chi connectivity index (χ1v) is 11.9. The van der Waals surface area contributed by atoms with Crippen molar-refractivity contribution in [2.45, 2.75) is 110 Å². The third kappa shape index (κ3) is 10.1. The molecule has 33 heavy (non-hydrogen) atoms. The first-order valence-electron chi connectivity index (χ1n) is 11.9. The van der Waals surface area contributed by atoms with Crippen molar-refractivity contribution >= 4 is 23.6 Å². The van der Waals surface area contributed by atoms with Crippen LogP contribution in [0.3, 0.4) is 0 Å². The number of Topliss-reactive ketones (excluding diaryl/α,β-unsaturated/α-hetero) is 1. The molecule has 0 aromatic carbocycles. The van der Waals surface area contributed by atoms with Crippen LogP contribution < -0.4 is 16.0 Å². The number of hydrogen-bond donors (Lipinski definition) is 4. The third-order valence-corrected chi connectivity index (χ3v) is 6.19. The van der Waals surface area contributed by atoms with Crippen LogP contribution in [0.1, 0.15) is 79.1 Å². The monoisotopic (exact) mass is 475 g/mol. The van der Waals surface area contributed by atoms with E-state index >= 15 is 0 Å². The molecule has 0 saturated heterocycles. The quantitative estimate of drug-likeness (QED) is 0.286. The van der Waals surface area contributed by atoms with Gasteiger partial charge in [-0.25, -0.2) is 13.6 Å². The minimum absolute atomic E-state index is 0.0176. The molecule has 0 spiro atoms. The summed E-state index contributed by atoms with van der Waals surface area (Å²) >= 11 is 0. The van der Waals surface area contributed by atoms with E-state index in [1.54, 1.807) is 0 Å². The molecule has 8 nitrogen and oxygen atoms in total. The molecule has 0 heterocycles. The lowest BCUT2D eigenvalue weighted by molar-refractivity contribution is -0.151. The lowest BCUT2D eigenvalue weighted by Crippen LogP contribution is -2.58. The number of amides is 2. The van der Waals surface area contributed by atoms with Gasteiger partial charge in [0.05, 0.1) is 6.04 Å². The second kappa shape index (κ2) is 14.2. The number of carbonyl (C=O) groups is 4. The fourth-order valence-electron chi connectivity index (χ4n) is 4.17. The maximum Gasteiger partial charge on any atom is 0.374 e. The number of carboxylic acid groups (broad SMARTS) is 1. The molecule has 0 aliphatic heterocycles. The van der Waals surface area contributed by atoms with Gasteiger partial charge in [0.1, 0.15) is 12.1 Å². The van der Waals surface area contributed by atoms with E-state index in [0.29, 0.717) is 6.42 Å². The number of aliphatic carboxylic acids is 1. The van der Waals surface area contributed by atoms with Gasteiger partial charge in [-0.15, -0.1) is 0 Å². The topological polar surface area (TPSA) is 125 Å². The Balaban J connectivity index is 3.07. The molecule has 0 aromatic rings. The van der Waals surface area contributed by atoms with Crippen molar-refractivity contribution in [2.75, 3.05) is 0 Å². The second-order valence-corrected chi connectivity index (χ2v) is 9.34. The Morgan fingerprint density at radius 1 is 0.939 bits per heavy atom. The van der Waals surface area contributed by atoms with Gasteiger partial charge >= 0.3 is 5.97 Å². The summed E-state index contributed by atoms with van der Waals surface area (Å²) in [5.74, 6) is -4.47. The van der Waals surface area contributed by atoms with Crippen molar-refractivity contribution < 1.29 is 33.1 Å². The SMILES string of the molecule is CCC(C)C(NC(C)C)C(=O)NC(CC1CCCCC1)C(=O)NC(CC(F)F)C(=O)C(=O)O. The van der Waals surface area contributed by atoms with Gasteiger partial charge in [0.15, 0.2) is 0 Å². The zero-order chi connectivity index (χ0) is 25.1. The van der Waals surface area contributed by atoms with E-state index in [9.17, 15) is 28.0 Å². The predicted octanol–water partition coefficient (Wildman–Crippen LogP) is 2.65. The normalized spacial score (nSPS) is 18.4. The number of nitrogens with one attached hydrogen (secondary N) is 3. The Morgan fingerprint density at radius 3 is 2.00 bits per heavy atom. The van der Waals surface area contributed by atoms with Crippen LogP contribution in [0.4, 0.5) is 8.78 Å². The van der Waals surface area contributed by atoms with E-state index in [1.807, 2.05) is 27.7 Å². The molecule has 1 saturated carbocycles. The summed E-state index contributed by atoms with van der Waals surface area (Å²) in [5.41, 5.74) is 0. The van der Waals surface area contributed by atoms with Crippen molar-refractivity contribution in [3.63, 3.8) is 0 Å². The lowest BCUT2D eigenvalue weighted by atomic mass is 9.84. The van der Waals surface area contributed by atoms with E-state index in [1.165, 1.54) is 0 Å². The number of hydrogen-bond acceptors (Lipinski definition) is 5. The summed E-state index contributed by atoms with van der Waals surface area (Å²) in [5, 5.41) is 17.1. The molecule has 4 atom stereocenters. The van der Waals surface area contributed by atoms with E-state index in [2.05, 4.69) is 16.0 Å². The Bertz CT molecular complexity index is 668. The zero-order valence-corrected chi connectivity index (χ0v) is 20.0. The van der Waals surface area contributed by atoms with Gasteiger partial charge < -0.3 is 21.1 Å². The van der Waals surface area contributed by atoms with Crippen LogP contribution in [0.5, 0.6) is 0 Å². The molecule has 4 unspecified atom stereocenters. The summed E-state index contributed by atoms with van der Waals surface area (Å²) in [6.45, 7) is 7.67. The van der Waals surface area contributed by atoms with Crippen LogP contribution in [0.15, 0.2) is 0 Å². The average molecular weight is 476 g/mol. The summed E-state index contributed by atoms with van der Waals surface area (Å²) in [4.78, 5) is 49.0. The molecule has 0 aromatic heterocycles. The maximum absolute atomic E-state index is 13.1. The van der Waals surface area contributed by atoms with E-state index in [-0.39, 0.29) is 23.8 Å². The molecule has 1 aliphatic carbocycles. The van der Waals surface area contributed by atoms with Crippen molar-refractivity contribution in [1.29, 1.82) is 0 Å². The number of carbonyl (C=O) groups excluding carboxylic acids is 3. The molecule has 1 fully saturated rings. The summed E-state index contributed by atoms with van der Waals surface area (Å²) < 4.78 is 25.8. The predicted molar refractivity (Wildman–Crippen MR) is 120 cm³/mol. The smallest absolute Gasteiger partial charge is 0.374 e. The molecular weight excluding hydrogens is 436 g/mol. The van der Waals surface area contributed by atoms with Crippen molar-refractivity contribution in [1.82, 2.24) is 16.0 Å². The van der Waals surface area contributed by atoms with Gasteiger partial charge in [-0.1, -0.05) is 66.2 Å². The van der Waals surface area contributed by atoms with Gasteiger partial charge in [-0.3, -0.25) is 14.4 Å². The molecule has 1 rings (SSSR count). The Hall–Kier alpha value is -2.10. The highest BCUT2D eigenvalue weighted by Gasteiger charge is 2.35. The number of carboxylic acids is 1. The van der Waals surface area contributed by atoms with Gasteiger partial charge in [0.2, 0.25) is 18.2 Å². The van der Waals surface area contributed by atoms with E-state index in [0.717, 1.165) is 38.5 Å². The highest BCUT2D eigenvalue weighted by molar-refractivity contribution is 6.35. The molecule has 190 valence electrons. The van der Waals surface area contributed by atoms with Gasteiger partial charge in [-0.2, -0.15) is 0 Å². The minimum Gasteiger partial charge on any atom is -0.475 e. The first-order chi connectivity index (χ1) is 15.5. The van der Waals surface area contributed by atoms with Crippen LogP contribution in [0.25, 0.3) is 0 Å². The molecule has 4 N–H and O–H groups in total. The lowest BCUT2D eigenvalue weighted by Gasteiger charge is -2.31. The van der Waals surface area contributed by atoms with Crippen LogP contribution in [-0.2, 0) is 19.2 Å². The van der Waals surface area contributed by atoms with Crippen LogP contribution >= 0.6 is 0 Å². The highest BCUT2D eigenvalue weighted by atomic mass is 19.3. The van der Waals surface area contributed by atoms with E-state index in [4.69, 9.17) is 5.11 Å². The number of alkyl halides is 2. The van der Waals surface area contributed by atoms with E-state index < -0.39 is 48.6 Å². The van der Waals surface area contributed by atoms with Gasteiger partial charge in [0.25, 0.3) is 5.78 Å². The van der Waals surface area contributed by atoms with Gasteiger partial charge in [0, 0.05) is 12.5 Å². The molecule has 0 bridgehead atoms. The molecular formula is C23H39F2N3O5. The maximum atomic E-state index is 13.1. The van der Waals surface area contributed by atoms with Gasteiger partial charge in [-0.05, 0) is 18.3 Å².